The van der Waals surface area contributed by atoms with Gasteiger partial charge in [-0.1, -0.05) is 66.5 Å². The van der Waals surface area contributed by atoms with Gasteiger partial charge in [-0.15, -0.1) is 0 Å². The van der Waals surface area contributed by atoms with E-state index in [0.29, 0.717) is 22.3 Å². The smallest absolute Gasteiger partial charge is 0.266 e. The Balaban J connectivity index is 1.94. The standard InChI is InChI=1S/C19H22N2O3S2/c1-2-20(13-14-22)17(23)11-12-21-18(24)16(26-19(21)25)10-6-9-15-7-4-3-5-8-15/h3-10,22H,2,11-14H2,1H3/b9-6+,16-10-. The Morgan fingerprint density at radius 2 is 2.08 bits per heavy atom. The van der Waals surface area contributed by atoms with Gasteiger partial charge in [-0.05, 0) is 18.6 Å². The van der Waals surface area contributed by atoms with Gasteiger partial charge in [0, 0.05) is 26.1 Å². The molecule has 1 aliphatic heterocycles. The quantitative estimate of drug-likeness (QED) is 0.546. The van der Waals surface area contributed by atoms with Gasteiger partial charge in [-0.25, -0.2) is 0 Å². The molecule has 0 spiro atoms. The van der Waals surface area contributed by atoms with Gasteiger partial charge in [0.15, 0.2) is 0 Å². The van der Waals surface area contributed by atoms with Crippen LogP contribution in [-0.2, 0) is 9.59 Å². The SMILES string of the molecule is CCN(CCO)C(=O)CCN1C(=O)/C(=C/C=C/c2ccccc2)SC1=S. The lowest BCUT2D eigenvalue weighted by molar-refractivity contribution is -0.132. The minimum absolute atomic E-state index is 0.0723. The Morgan fingerprint density at radius 1 is 1.35 bits per heavy atom. The average Bonchev–Trinajstić information content (AvgIpc) is 2.92. The first kappa shape index (κ1) is 20.4. The predicted molar refractivity (Wildman–Crippen MR) is 109 cm³/mol. The molecule has 0 aromatic heterocycles. The van der Waals surface area contributed by atoms with E-state index >= 15 is 0 Å². The number of hydrogen-bond donors (Lipinski definition) is 1. The third-order valence-corrected chi connectivity index (χ3v) is 5.26. The number of amides is 2. The van der Waals surface area contributed by atoms with Crippen LogP contribution in [0.5, 0.6) is 0 Å². The van der Waals surface area contributed by atoms with Crippen molar-refractivity contribution in [1.82, 2.24) is 9.80 Å². The molecule has 1 heterocycles. The van der Waals surface area contributed by atoms with E-state index in [1.807, 2.05) is 49.4 Å². The first-order valence-corrected chi connectivity index (χ1v) is 9.65. The number of hydrogen-bond acceptors (Lipinski definition) is 5. The Hall–Kier alpha value is -1.96. The van der Waals surface area contributed by atoms with Crippen molar-refractivity contribution in [2.45, 2.75) is 13.3 Å². The highest BCUT2D eigenvalue weighted by Gasteiger charge is 2.31. The van der Waals surface area contributed by atoms with Crippen LogP contribution >= 0.6 is 24.0 Å². The van der Waals surface area contributed by atoms with E-state index in [4.69, 9.17) is 17.3 Å². The van der Waals surface area contributed by atoms with Crippen molar-refractivity contribution >= 4 is 46.2 Å². The van der Waals surface area contributed by atoms with Gasteiger partial charge in [0.05, 0.1) is 11.5 Å². The van der Waals surface area contributed by atoms with E-state index < -0.39 is 0 Å². The Bertz CT molecular complexity index is 717. The van der Waals surface area contributed by atoms with Gasteiger partial charge in [-0.3, -0.25) is 14.5 Å². The van der Waals surface area contributed by atoms with Gasteiger partial charge >= 0.3 is 0 Å². The van der Waals surface area contributed by atoms with Gasteiger partial charge < -0.3 is 10.0 Å². The van der Waals surface area contributed by atoms with E-state index in [9.17, 15) is 9.59 Å². The van der Waals surface area contributed by atoms with Crippen molar-refractivity contribution in [3.05, 3.63) is 53.0 Å². The monoisotopic (exact) mass is 390 g/mol. The first-order chi connectivity index (χ1) is 12.6. The summed E-state index contributed by atoms with van der Waals surface area (Å²) < 4.78 is 0.465. The summed E-state index contributed by atoms with van der Waals surface area (Å²) in [6.07, 6.45) is 5.68. The molecule has 7 heteroatoms. The maximum atomic E-state index is 12.5. The number of carbonyl (C=O) groups is 2. The lowest BCUT2D eigenvalue weighted by Gasteiger charge is -2.21. The molecule has 0 unspecified atom stereocenters. The van der Waals surface area contributed by atoms with E-state index in [2.05, 4.69) is 0 Å². The number of rotatable bonds is 8. The molecule has 1 aliphatic rings. The molecule has 0 aliphatic carbocycles. The number of likely N-dealkylation sites (N-methyl/N-ethyl adjacent to an activating group) is 1. The predicted octanol–water partition coefficient (Wildman–Crippen LogP) is 2.67. The van der Waals surface area contributed by atoms with Crippen molar-refractivity contribution in [3.8, 4) is 0 Å². The second kappa shape index (κ2) is 10.3. The largest absolute Gasteiger partial charge is 0.395 e. The molecule has 1 fully saturated rings. The zero-order valence-corrected chi connectivity index (χ0v) is 16.3. The summed E-state index contributed by atoms with van der Waals surface area (Å²) in [5.74, 6) is -0.265. The molecule has 0 saturated carbocycles. The number of aliphatic hydroxyl groups excluding tert-OH is 1. The second-order valence-corrected chi connectivity index (χ2v) is 7.25. The Labute approximate surface area is 163 Å². The van der Waals surface area contributed by atoms with Crippen LogP contribution in [0.3, 0.4) is 0 Å². The lowest BCUT2D eigenvalue weighted by Crippen LogP contribution is -2.37. The van der Waals surface area contributed by atoms with Gasteiger partial charge in [0.25, 0.3) is 5.91 Å². The van der Waals surface area contributed by atoms with Crippen LogP contribution in [-0.4, -0.2) is 57.3 Å². The average molecular weight is 391 g/mol. The molecule has 138 valence electrons. The van der Waals surface area contributed by atoms with Crippen LogP contribution in [0.4, 0.5) is 0 Å². The highest BCUT2D eigenvalue weighted by Crippen LogP contribution is 2.31. The van der Waals surface area contributed by atoms with Crippen molar-refractivity contribution in [1.29, 1.82) is 0 Å². The van der Waals surface area contributed by atoms with Crippen LogP contribution in [0.25, 0.3) is 6.08 Å². The number of thioether (sulfide) groups is 1. The third kappa shape index (κ3) is 5.52. The second-order valence-electron chi connectivity index (χ2n) is 5.57. The summed E-state index contributed by atoms with van der Waals surface area (Å²) in [7, 11) is 0. The summed E-state index contributed by atoms with van der Waals surface area (Å²) in [6.45, 7) is 2.87. The highest BCUT2D eigenvalue weighted by atomic mass is 32.2. The van der Waals surface area contributed by atoms with Crippen molar-refractivity contribution in [2.75, 3.05) is 26.2 Å². The van der Waals surface area contributed by atoms with Crippen LogP contribution in [0.1, 0.15) is 18.9 Å². The van der Waals surface area contributed by atoms with Gasteiger partial charge in [0.1, 0.15) is 4.32 Å². The van der Waals surface area contributed by atoms with Crippen molar-refractivity contribution in [3.63, 3.8) is 0 Å². The molecule has 0 bridgehead atoms. The Morgan fingerprint density at radius 3 is 2.73 bits per heavy atom. The van der Waals surface area contributed by atoms with E-state index in [0.717, 1.165) is 5.56 Å². The maximum Gasteiger partial charge on any atom is 0.266 e. The fraction of sp³-hybridized carbons (Fsp3) is 0.316. The lowest BCUT2D eigenvalue weighted by atomic mass is 10.2. The number of benzene rings is 1. The van der Waals surface area contributed by atoms with E-state index in [1.54, 1.807) is 11.0 Å². The minimum atomic E-state index is -0.171. The Kier molecular flexibility index (Phi) is 8.03. The first-order valence-electron chi connectivity index (χ1n) is 8.42. The number of aliphatic hydroxyl groups is 1. The zero-order valence-electron chi connectivity index (χ0n) is 14.6. The number of nitrogens with zero attached hydrogens (tertiary/aromatic N) is 2. The summed E-state index contributed by atoms with van der Waals surface area (Å²) in [4.78, 5) is 28.2. The molecule has 0 radical (unpaired) electrons. The maximum absolute atomic E-state index is 12.5. The molecule has 26 heavy (non-hydrogen) atoms. The summed E-state index contributed by atoms with van der Waals surface area (Å²) in [5.41, 5.74) is 1.05. The molecule has 5 nitrogen and oxygen atoms in total. The van der Waals surface area contributed by atoms with E-state index in [1.165, 1.54) is 16.7 Å². The topological polar surface area (TPSA) is 60.9 Å². The van der Waals surface area contributed by atoms with Crippen LogP contribution in [0.2, 0.25) is 0 Å². The molecule has 1 aromatic carbocycles. The molecular formula is C19H22N2O3S2. The fourth-order valence-electron chi connectivity index (χ4n) is 2.46. The number of thiocarbonyl (C=S) groups is 1. The fourth-order valence-corrected chi connectivity index (χ4v) is 3.72. The molecule has 2 rings (SSSR count). The van der Waals surface area contributed by atoms with Gasteiger partial charge in [0.2, 0.25) is 5.91 Å². The highest BCUT2D eigenvalue weighted by molar-refractivity contribution is 8.26. The number of allylic oxidation sites excluding steroid dienone is 2. The van der Waals surface area contributed by atoms with Crippen LogP contribution in [0, 0.1) is 0 Å². The van der Waals surface area contributed by atoms with Crippen molar-refractivity contribution in [2.24, 2.45) is 0 Å². The molecule has 0 atom stereocenters. The summed E-state index contributed by atoms with van der Waals surface area (Å²) >= 11 is 6.52. The van der Waals surface area contributed by atoms with Crippen LogP contribution in [0.15, 0.2) is 47.4 Å². The molecule has 1 N–H and O–H groups in total. The third-order valence-electron chi connectivity index (χ3n) is 3.86. The van der Waals surface area contributed by atoms with E-state index in [-0.39, 0.29) is 31.4 Å². The summed E-state index contributed by atoms with van der Waals surface area (Å²) in [5, 5.41) is 8.98. The normalized spacial score (nSPS) is 16.1. The molecule has 1 aromatic rings. The summed E-state index contributed by atoms with van der Waals surface area (Å²) in [6, 6.07) is 9.81. The molecule has 2 amide bonds. The molecular weight excluding hydrogens is 368 g/mol. The van der Waals surface area contributed by atoms with Gasteiger partial charge in [-0.2, -0.15) is 0 Å². The number of carbonyl (C=O) groups excluding carboxylic acids is 2. The zero-order chi connectivity index (χ0) is 18.9. The van der Waals surface area contributed by atoms with Crippen molar-refractivity contribution < 1.29 is 14.7 Å². The van der Waals surface area contributed by atoms with Crippen LogP contribution < -0.4 is 0 Å². The minimum Gasteiger partial charge on any atom is -0.395 e. The molecule has 1 saturated heterocycles.